The van der Waals surface area contributed by atoms with Crippen LogP contribution in [0.1, 0.15) is 42.0 Å². The van der Waals surface area contributed by atoms with Crippen molar-refractivity contribution in [2.75, 3.05) is 44.4 Å². The topological polar surface area (TPSA) is 62.3 Å². The third-order valence-electron chi connectivity index (χ3n) is 5.57. The van der Waals surface area contributed by atoms with Gasteiger partial charge in [-0.2, -0.15) is 4.98 Å². The number of benzene rings is 1. The maximum atomic E-state index is 6.03. The molecule has 144 valence electrons. The van der Waals surface area contributed by atoms with Gasteiger partial charge in [0.15, 0.2) is 0 Å². The molecule has 0 aliphatic carbocycles. The van der Waals surface area contributed by atoms with E-state index < -0.39 is 0 Å². The normalized spacial score (nSPS) is 19.9. The van der Waals surface area contributed by atoms with Crippen molar-refractivity contribution in [3.63, 3.8) is 0 Å². The first-order valence-corrected chi connectivity index (χ1v) is 9.91. The van der Waals surface area contributed by atoms with E-state index in [1.807, 2.05) is 20.0 Å². The maximum Gasteiger partial charge on any atom is 0.229 e. The Bertz CT molecular complexity index is 822. The Kier molecular flexibility index (Phi) is 5.16. The van der Waals surface area contributed by atoms with E-state index >= 15 is 0 Å². The molecule has 0 radical (unpaired) electrons. The molecule has 3 heterocycles. The third-order valence-corrected chi connectivity index (χ3v) is 5.57. The summed E-state index contributed by atoms with van der Waals surface area (Å²) >= 11 is 0. The van der Waals surface area contributed by atoms with Gasteiger partial charge in [-0.05, 0) is 75.5 Å². The fourth-order valence-electron chi connectivity index (χ4n) is 4.15. The number of ether oxygens (including phenoxy) is 1. The molecule has 2 N–H and O–H groups in total. The lowest BCUT2D eigenvalue weighted by molar-refractivity contribution is 0.342. The lowest BCUT2D eigenvalue weighted by atomic mass is 9.89. The van der Waals surface area contributed by atoms with Crippen molar-refractivity contribution in [1.29, 1.82) is 0 Å². The van der Waals surface area contributed by atoms with Gasteiger partial charge in [-0.1, -0.05) is 0 Å². The highest BCUT2D eigenvalue weighted by Crippen LogP contribution is 2.41. The summed E-state index contributed by atoms with van der Waals surface area (Å²) < 4.78 is 6.03. The molecule has 1 unspecified atom stereocenters. The Labute approximate surface area is 161 Å². The molecule has 1 fully saturated rings. The molecule has 0 spiro atoms. The number of aryl methyl sites for hydroxylation is 1. The molecule has 0 saturated carbocycles. The van der Waals surface area contributed by atoms with Crippen molar-refractivity contribution in [3.8, 4) is 5.75 Å². The molecule has 1 aromatic carbocycles. The summed E-state index contributed by atoms with van der Waals surface area (Å²) in [6, 6.07) is 6.39. The zero-order chi connectivity index (χ0) is 18.8. The molecule has 6 nitrogen and oxygen atoms in total. The van der Waals surface area contributed by atoms with Crippen LogP contribution in [0.4, 0.5) is 17.5 Å². The Morgan fingerprint density at radius 3 is 2.89 bits per heavy atom. The Balaban J connectivity index is 1.65. The van der Waals surface area contributed by atoms with Crippen molar-refractivity contribution >= 4 is 17.5 Å². The monoisotopic (exact) mass is 367 g/mol. The maximum absolute atomic E-state index is 6.03. The Morgan fingerprint density at radius 1 is 1.15 bits per heavy atom. The predicted octanol–water partition coefficient (Wildman–Crippen LogP) is 3.70. The molecule has 27 heavy (non-hydrogen) atoms. The van der Waals surface area contributed by atoms with E-state index in [4.69, 9.17) is 4.74 Å². The van der Waals surface area contributed by atoms with E-state index in [1.165, 1.54) is 36.9 Å². The molecule has 4 rings (SSSR count). The minimum atomic E-state index is 0.551. The van der Waals surface area contributed by atoms with Crippen LogP contribution < -0.4 is 15.4 Å². The minimum Gasteiger partial charge on any atom is -0.493 e. The van der Waals surface area contributed by atoms with E-state index in [-0.39, 0.29) is 0 Å². The minimum absolute atomic E-state index is 0.551. The number of fused-ring (bicyclic) bond motifs is 1. The van der Waals surface area contributed by atoms with Crippen LogP contribution in [0.5, 0.6) is 5.75 Å². The summed E-state index contributed by atoms with van der Waals surface area (Å²) in [6.45, 7) is 5.09. The summed E-state index contributed by atoms with van der Waals surface area (Å²) in [5, 5.41) is 6.52. The second-order valence-electron chi connectivity index (χ2n) is 7.68. The lowest BCUT2D eigenvalue weighted by Gasteiger charge is -2.20. The molecular formula is C21H29N5O. The van der Waals surface area contributed by atoms with Gasteiger partial charge in [-0.15, -0.1) is 0 Å². The molecule has 2 aliphatic heterocycles. The number of nitrogens with one attached hydrogen (secondary N) is 2. The van der Waals surface area contributed by atoms with E-state index in [1.54, 1.807) is 0 Å². The first kappa shape index (κ1) is 18.0. The smallest absolute Gasteiger partial charge is 0.229 e. The van der Waals surface area contributed by atoms with Gasteiger partial charge in [0.25, 0.3) is 0 Å². The largest absolute Gasteiger partial charge is 0.493 e. The van der Waals surface area contributed by atoms with Gasteiger partial charge < -0.3 is 20.3 Å². The van der Waals surface area contributed by atoms with Gasteiger partial charge in [0.05, 0.1) is 6.61 Å². The second-order valence-corrected chi connectivity index (χ2v) is 7.68. The highest BCUT2D eigenvalue weighted by atomic mass is 16.5. The summed E-state index contributed by atoms with van der Waals surface area (Å²) in [6.07, 6.45) is 4.61. The zero-order valence-electron chi connectivity index (χ0n) is 16.5. The average molecular weight is 367 g/mol. The molecular weight excluding hydrogens is 338 g/mol. The molecule has 1 aromatic heterocycles. The van der Waals surface area contributed by atoms with Crippen LogP contribution in [0, 0.1) is 6.92 Å². The fourth-order valence-corrected chi connectivity index (χ4v) is 4.15. The highest BCUT2D eigenvalue weighted by molar-refractivity contribution is 5.63. The number of aromatic nitrogens is 2. The van der Waals surface area contributed by atoms with Gasteiger partial charge in [0.1, 0.15) is 11.6 Å². The molecule has 1 atom stereocenters. The quantitative estimate of drug-likeness (QED) is 0.859. The van der Waals surface area contributed by atoms with Crippen molar-refractivity contribution < 1.29 is 4.74 Å². The summed E-state index contributed by atoms with van der Waals surface area (Å²) in [4.78, 5) is 11.5. The van der Waals surface area contributed by atoms with Crippen LogP contribution in [0.25, 0.3) is 0 Å². The highest BCUT2D eigenvalue weighted by Gasteiger charge is 2.25. The lowest BCUT2D eigenvalue weighted by Crippen LogP contribution is -2.18. The van der Waals surface area contributed by atoms with Crippen LogP contribution in [-0.2, 0) is 6.42 Å². The van der Waals surface area contributed by atoms with Crippen LogP contribution in [0.2, 0.25) is 0 Å². The van der Waals surface area contributed by atoms with Gasteiger partial charge >= 0.3 is 0 Å². The summed E-state index contributed by atoms with van der Waals surface area (Å²) in [7, 11) is 4.09. The van der Waals surface area contributed by atoms with E-state index in [9.17, 15) is 0 Å². The first-order chi connectivity index (χ1) is 13.1. The van der Waals surface area contributed by atoms with E-state index in [0.717, 1.165) is 42.5 Å². The van der Waals surface area contributed by atoms with Gasteiger partial charge in [0, 0.05) is 30.9 Å². The van der Waals surface area contributed by atoms with Gasteiger partial charge in [-0.25, -0.2) is 4.98 Å². The Hall–Kier alpha value is -2.34. The van der Waals surface area contributed by atoms with Crippen LogP contribution in [0.3, 0.4) is 0 Å². The summed E-state index contributed by atoms with van der Waals surface area (Å²) in [5.74, 6) is 3.12. The molecule has 0 bridgehead atoms. The third kappa shape index (κ3) is 4.00. The van der Waals surface area contributed by atoms with Crippen LogP contribution >= 0.6 is 0 Å². The van der Waals surface area contributed by atoms with Crippen molar-refractivity contribution in [1.82, 2.24) is 14.9 Å². The first-order valence-electron chi connectivity index (χ1n) is 9.91. The van der Waals surface area contributed by atoms with Crippen LogP contribution in [-0.4, -0.2) is 48.7 Å². The summed E-state index contributed by atoms with van der Waals surface area (Å²) in [5.41, 5.74) is 4.64. The standard InChI is InChI=1S/C21H29N5O/c1-14-11-19(22-2)25-21(23-14)24-17-12-16-7-10-27-20(16)18(13-17)15-5-4-8-26(3)9-6-15/h11-13,15H,4-10H2,1-3H3,(H2,22,23,24,25). The molecule has 0 amide bonds. The molecule has 2 aliphatic rings. The second kappa shape index (κ2) is 7.72. The number of rotatable bonds is 4. The number of anilines is 3. The molecule has 1 saturated heterocycles. The molecule has 2 aromatic rings. The zero-order valence-corrected chi connectivity index (χ0v) is 16.5. The van der Waals surface area contributed by atoms with E-state index in [0.29, 0.717) is 11.9 Å². The van der Waals surface area contributed by atoms with E-state index in [2.05, 4.69) is 44.7 Å². The van der Waals surface area contributed by atoms with Gasteiger partial charge in [0.2, 0.25) is 5.95 Å². The predicted molar refractivity (Wildman–Crippen MR) is 109 cm³/mol. The fraction of sp³-hybridized carbons (Fsp3) is 0.524. The SMILES string of the molecule is CNc1cc(C)nc(Nc2cc3c(c(C4CCCN(C)CC4)c2)OCC3)n1. The molecule has 6 heteroatoms. The Morgan fingerprint density at radius 2 is 2.04 bits per heavy atom. The number of nitrogens with zero attached hydrogens (tertiary/aromatic N) is 3. The number of hydrogen-bond donors (Lipinski definition) is 2. The van der Waals surface area contributed by atoms with Crippen LogP contribution in [0.15, 0.2) is 18.2 Å². The number of hydrogen-bond acceptors (Lipinski definition) is 6. The average Bonchev–Trinajstić information content (AvgIpc) is 3.01. The van der Waals surface area contributed by atoms with Crippen molar-refractivity contribution in [2.45, 2.75) is 38.5 Å². The van der Waals surface area contributed by atoms with Gasteiger partial charge in [-0.3, -0.25) is 0 Å². The number of likely N-dealkylation sites (tertiary alicyclic amines) is 1. The van der Waals surface area contributed by atoms with Crippen molar-refractivity contribution in [2.24, 2.45) is 0 Å². The van der Waals surface area contributed by atoms with Crippen molar-refractivity contribution in [3.05, 3.63) is 35.0 Å².